The van der Waals surface area contributed by atoms with Gasteiger partial charge in [0.2, 0.25) is 0 Å². The molecule has 18 heavy (non-hydrogen) atoms. The van der Waals surface area contributed by atoms with Crippen LogP contribution in [-0.2, 0) is 0 Å². The molecule has 98 valence electrons. The molecule has 0 spiro atoms. The van der Waals surface area contributed by atoms with Crippen molar-refractivity contribution in [1.29, 1.82) is 0 Å². The van der Waals surface area contributed by atoms with Gasteiger partial charge in [-0.2, -0.15) is 0 Å². The number of piperazine rings is 1. The number of aryl methyl sites for hydroxylation is 1. The highest BCUT2D eigenvalue weighted by molar-refractivity contribution is 6.00. The molecular formula is C14H21N3O. The molecule has 1 saturated heterocycles. The van der Waals surface area contributed by atoms with Crippen molar-refractivity contribution in [3.05, 3.63) is 28.8 Å². The number of likely N-dealkylation sites (N-methyl/N-ethyl adjacent to an activating group) is 1. The monoisotopic (exact) mass is 247 g/mol. The Bertz CT molecular complexity index is 462. The number of hydrogen-bond donors (Lipinski definition) is 1. The van der Waals surface area contributed by atoms with E-state index >= 15 is 0 Å². The second kappa shape index (κ2) is 4.98. The van der Waals surface area contributed by atoms with Gasteiger partial charge in [0.05, 0.1) is 5.56 Å². The highest BCUT2D eigenvalue weighted by atomic mass is 16.1. The van der Waals surface area contributed by atoms with Crippen LogP contribution in [0.15, 0.2) is 12.1 Å². The van der Waals surface area contributed by atoms with Crippen LogP contribution in [0.25, 0.3) is 0 Å². The van der Waals surface area contributed by atoms with E-state index in [-0.39, 0.29) is 5.91 Å². The summed E-state index contributed by atoms with van der Waals surface area (Å²) in [5, 5.41) is 0. The Hall–Kier alpha value is -1.55. The molecule has 0 unspecified atom stereocenters. The summed E-state index contributed by atoms with van der Waals surface area (Å²) < 4.78 is 0. The van der Waals surface area contributed by atoms with E-state index in [0.717, 1.165) is 43.0 Å². The van der Waals surface area contributed by atoms with Crippen LogP contribution in [0.1, 0.15) is 21.5 Å². The summed E-state index contributed by atoms with van der Waals surface area (Å²) in [6, 6.07) is 4.09. The van der Waals surface area contributed by atoms with Gasteiger partial charge < -0.3 is 15.5 Å². The Labute approximate surface area is 108 Å². The van der Waals surface area contributed by atoms with E-state index in [1.807, 2.05) is 19.9 Å². The molecule has 0 saturated carbocycles. The fraction of sp³-hybridized carbons (Fsp3) is 0.500. The number of benzene rings is 1. The van der Waals surface area contributed by atoms with Crippen molar-refractivity contribution in [3.63, 3.8) is 0 Å². The van der Waals surface area contributed by atoms with Crippen LogP contribution < -0.4 is 10.6 Å². The molecule has 1 aromatic carbocycles. The summed E-state index contributed by atoms with van der Waals surface area (Å²) in [6.07, 6.45) is 0. The third-order valence-corrected chi connectivity index (χ3v) is 3.80. The molecule has 0 atom stereocenters. The van der Waals surface area contributed by atoms with Gasteiger partial charge in [-0.25, -0.2) is 0 Å². The molecule has 2 rings (SSSR count). The first kappa shape index (κ1) is 12.9. The predicted octanol–water partition coefficient (Wildman–Crippen LogP) is 1.15. The summed E-state index contributed by atoms with van der Waals surface area (Å²) in [6.45, 7) is 7.90. The van der Waals surface area contributed by atoms with Crippen molar-refractivity contribution < 1.29 is 4.79 Å². The normalized spacial score (nSPS) is 16.9. The van der Waals surface area contributed by atoms with Gasteiger partial charge >= 0.3 is 0 Å². The molecule has 2 N–H and O–H groups in total. The van der Waals surface area contributed by atoms with E-state index in [4.69, 9.17) is 5.73 Å². The van der Waals surface area contributed by atoms with E-state index in [1.165, 1.54) is 0 Å². The van der Waals surface area contributed by atoms with E-state index in [0.29, 0.717) is 5.56 Å². The number of carbonyl (C=O) groups is 1. The quantitative estimate of drug-likeness (QED) is 0.853. The maximum atomic E-state index is 11.7. The lowest BCUT2D eigenvalue weighted by atomic mass is 9.99. The van der Waals surface area contributed by atoms with Crippen LogP contribution in [-0.4, -0.2) is 44.0 Å². The van der Waals surface area contributed by atoms with Crippen LogP contribution in [0, 0.1) is 13.8 Å². The molecule has 1 aliphatic rings. The van der Waals surface area contributed by atoms with Gasteiger partial charge in [-0.05, 0) is 38.1 Å². The van der Waals surface area contributed by atoms with Crippen molar-refractivity contribution in [1.82, 2.24) is 4.90 Å². The largest absolute Gasteiger partial charge is 0.368 e. The van der Waals surface area contributed by atoms with Gasteiger partial charge in [0.25, 0.3) is 5.91 Å². The standard InChI is InChI=1S/C14H21N3O/c1-10-4-5-12(13(11(10)2)14(15)18)17-8-6-16(3)7-9-17/h4-5H,6-9H2,1-3H3,(H2,15,18). The van der Waals surface area contributed by atoms with Gasteiger partial charge in [0.1, 0.15) is 0 Å². The van der Waals surface area contributed by atoms with Crippen LogP contribution >= 0.6 is 0 Å². The van der Waals surface area contributed by atoms with Crippen molar-refractivity contribution in [3.8, 4) is 0 Å². The molecule has 0 bridgehead atoms. The molecule has 4 nitrogen and oxygen atoms in total. The zero-order valence-corrected chi connectivity index (χ0v) is 11.4. The second-order valence-corrected chi connectivity index (χ2v) is 5.06. The first-order valence-electron chi connectivity index (χ1n) is 6.34. The number of hydrogen-bond acceptors (Lipinski definition) is 3. The smallest absolute Gasteiger partial charge is 0.251 e. The van der Waals surface area contributed by atoms with E-state index in [1.54, 1.807) is 0 Å². The van der Waals surface area contributed by atoms with Crippen molar-refractivity contribution in [2.45, 2.75) is 13.8 Å². The molecule has 0 aliphatic carbocycles. The van der Waals surface area contributed by atoms with Crippen molar-refractivity contribution in [2.24, 2.45) is 5.73 Å². The number of amides is 1. The maximum Gasteiger partial charge on any atom is 0.251 e. The Balaban J connectivity index is 2.38. The second-order valence-electron chi connectivity index (χ2n) is 5.06. The first-order chi connectivity index (χ1) is 8.50. The van der Waals surface area contributed by atoms with Crippen LogP contribution in [0.2, 0.25) is 0 Å². The Kier molecular flexibility index (Phi) is 3.57. The summed E-state index contributed by atoms with van der Waals surface area (Å²) in [5.41, 5.74) is 9.32. The number of carbonyl (C=O) groups excluding carboxylic acids is 1. The number of rotatable bonds is 2. The fourth-order valence-corrected chi connectivity index (χ4v) is 2.42. The Morgan fingerprint density at radius 3 is 2.33 bits per heavy atom. The Morgan fingerprint density at radius 2 is 1.78 bits per heavy atom. The van der Waals surface area contributed by atoms with E-state index in [2.05, 4.69) is 22.9 Å². The summed E-state index contributed by atoms with van der Waals surface area (Å²) in [7, 11) is 2.12. The van der Waals surface area contributed by atoms with Gasteiger partial charge in [-0.3, -0.25) is 4.79 Å². The zero-order valence-electron chi connectivity index (χ0n) is 11.4. The highest BCUT2D eigenvalue weighted by Crippen LogP contribution is 2.26. The highest BCUT2D eigenvalue weighted by Gasteiger charge is 2.21. The number of nitrogens with two attached hydrogens (primary N) is 1. The number of nitrogens with zero attached hydrogens (tertiary/aromatic N) is 2. The summed E-state index contributed by atoms with van der Waals surface area (Å²) >= 11 is 0. The van der Waals surface area contributed by atoms with E-state index < -0.39 is 0 Å². The molecule has 4 heteroatoms. The minimum Gasteiger partial charge on any atom is -0.368 e. The van der Waals surface area contributed by atoms with E-state index in [9.17, 15) is 4.79 Å². The third kappa shape index (κ3) is 2.34. The Morgan fingerprint density at radius 1 is 1.17 bits per heavy atom. The maximum absolute atomic E-state index is 11.7. The number of primary amides is 1. The number of anilines is 1. The first-order valence-corrected chi connectivity index (χ1v) is 6.34. The summed E-state index contributed by atoms with van der Waals surface area (Å²) in [5.74, 6) is -0.329. The van der Waals surface area contributed by atoms with Crippen LogP contribution in [0.3, 0.4) is 0 Å². The van der Waals surface area contributed by atoms with Crippen LogP contribution in [0.4, 0.5) is 5.69 Å². The zero-order chi connectivity index (χ0) is 13.3. The summed E-state index contributed by atoms with van der Waals surface area (Å²) in [4.78, 5) is 16.2. The molecule has 0 radical (unpaired) electrons. The SMILES string of the molecule is Cc1ccc(N2CCN(C)CC2)c(C(N)=O)c1C. The lowest BCUT2D eigenvalue weighted by Gasteiger charge is -2.35. The fourth-order valence-electron chi connectivity index (χ4n) is 2.42. The van der Waals surface area contributed by atoms with Crippen molar-refractivity contribution in [2.75, 3.05) is 38.1 Å². The molecule has 1 amide bonds. The minimum atomic E-state index is -0.329. The van der Waals surface area contributed by atoms with Crippen molar-refractivity contribution >= 4 is 11.6 Å². The van der Waals surface area contributed by atoms with Gasteiger partial charge in [-0.15, -0.1) is 0 Å². The van der Waals surface area contributed by atoms with Gasteiger partial charge in [0.15, 0.2) is 0 Å². The molecule has 1 aliphatic heterocycles. The lowest BCUT2D eigenvalue weighted by molar-refractivity contribution is 0.1000. The van der Waals surface area contributed by atoms with Gasteiger partial charge in [-0.1, -0.05) is 6.07 Å². The molecule has 1 heterocycles. The molecule has 1 fully saturated rings. The van der Waals surface area contributed by atoms with Gasteiger partial charge in [0, 0.05) is 31.9 Å². The molecular weight excluding hydrogens is 226 g/mol. The predicted molar refractivity (Wildman–Crippen MR) is 74.1 cm³/mol. The average molecular weight is 247 g/mol. The third-order valence-electron chi connectivity index (χ3n) is 3.80. The van der Waals surface area contributed by atoms with Crippen LogP contribution in [0.5, 0.6) is 0 Å². The minimum absolute atomic E-state index is 0.329. The lowest BCUT2D eigenvalue weighted by Crippen LogP contribution is -2.45. The molecule has 1 aromatic rings. The topological polar surface area (TPSA) is 49.6 Å². The molecule has 0 aromatic heterocycles. The average Bonchev–Trinajstić information content (AvgIpc) is 2.33.